The topological polar surface area (TPSA) is 81.4 Å². The second-order valence-corrected chi connectivity index (χ2v) is 6.59. The van der Waals surface area contributed by atoms with Crippen LogP contribution < -0.4 is 9.47 Å². The minimum Gasteiger partial charge on any atom is -0.493 e. The summed E-state index contributed by atoms with van der Waals surface area (Å²) in [7, 11) is 1.46. The van der Waals surface area contributed by atoms with Gasteiger partial charge in [-0.1, -0.05) is 29.8 Å². The number of aromatic nitrogens is 1. The summed E-state index contributed by atoms with van der Waals surface area (Å²) in [6, 6.07) is 12.6. The van der Waals surface area contributed by atoms with Crippen molar-refractivity contribution in [1.29, 1.82) is 5.26 Å². The molecule has 3 aromatic rings. The maximum Gasteiger partial charge on any atom is 0.340 e. The predicted molar refractivity (Wildman–Crippen MR) is 109 cm³/mol. The summed E-state index contributed by atoms with van der Waals surface area (Å²) in [5.74, 6) is 0.138. The number of benzene rings is 2. The monoisotopic (exact) mass is 410 g/mol. The van der Waals surface area contributed by atoms with Crippen molar-refractivity contribution in [2.24, 2.45) is 0 Å². The molecule has 0 bridgehead atoms. The standard InChI is InChI=1S/C22H19ClN2O4/c1-4-28-22(26)20-13(2)15-7-5-6-8-17(15)25-18(20)12-29-21-16(23)9-14(11-24)10-19(21)27-3/h5-10H,4,12H2,1-3H3. The molecule has 7 heteroatoms. The van der Waals surface area contributed by atoms with Gasteiger partial charge in [0.15, 0.2) is 11.5 Å². The molecule has 0 radical (unpaired) electrons. The number of nitrogens with zero attached hydrogens (tertiary/aromatic N) is 2. The Kier molecular flexibility index (Phi) is 6.20. The molecule has 1 heterocycles. The fourth-order valence-corrected chi connectivity index (χ4v) is 3.35. The molecule has 0 aliphatic heterocycles. The lowest BCUT2D eigenvalue weighted by Gasteiger charge is -2.16. The summed E-state index contributed by atoms with van der Waals surface area (Å²) in [4.78, 5) is 17.2. The van der Waals surface area contributed by atoms with Crippen LogP contribution in [0.1, 0.15) is 34.1 Å². The first-order valence-electron chi connectivity index (χ1n) is 8.95. The van der Waals surface area contributed by atoms with Gasteiger partial charge in [-0.3, -0.25) is 0 Å². The summed E-state index contributed by atoms with van der Waals surface area (Å²) in [6.45, 7) is 3.83. The van der Waals surface area contributed by atoms with E-state index < -0.39 is 5.97 Å². The van der Waals surface area contributed by atoms with E-state index >= 15 is 0 Å². The van der Waals surface area contributed by atoms with Crippen LogP contribution in [0.5, 0.6) is 11.5 Å². The average molecular weight is 411 g/mol. The highest BCUT2D eigenvalue weighted by molar-refractivity contribution is 6.32. The Morgan fingerprint density at radius 1 is 1.28 bits per heavy atom. The number of esters is 1. The maximum absolute atomic E-state index is 12.6. The second kappa shape index (κ2) is 8.80. The molecule has 0 fully saturated rings. The van der Waals surface area contributed by atoms with E-state index in [9.17, 15) is 4.79 Å². The van der Waals surface area contributed by atoms with E-state index in [-0.39, 0.29) is 24.0 Å². The van der Waals surface area contributed by atoms with Gasteiger partial charge in [0.1, 0.15) is 6.61 Å². The number of methoxy groups -OCH3 is 1. The fourth-order valence-electron chi connectivity index (χ4n) is 3.08. The van der Waals surface area contributed by atoms with E-state index in [0.717, 1.165) is 16.5 Å². The normalized spacial score (nSPS) is 10.4. The predicted octanol–water partition coefficient (Wildman–Crippen LogP) is 4.83. The second-order valence-electron chi connectivity index (χ2n) is 6.19. The SMILES string of the molecule is CCOC(=O)c1c(COc2c(Cl)cc(C#N)cc2OC)nc2ccccc2c1C. The summed E-state index contributed by atoms with van der Waals surface area (Å²) in [5, 5.41) is 10.2. The van der Waals surface area contributed by atoms with Crippen LogP contribution in [0.15, 0.2) is 36.4 Å². The van der Waals surface area contributed by atoms with Crippen molar-refractivity contribution in [1.82, 2.24) is 4.98 Å². The third-order valence-electron chi connectivity index (χ3n) is 4.42. The van der Waals surface area contributed by atoms with E-state index in [2.05, 4.69) is 4.98 Å². The van der Waals surface area contributed by atoms with Crippen molar-refractivity contribution in [2.45, 2.75) is 20.5 Å². The van der Waals surface area contributed by atoms with Gasteiger partial charge in [0.2, 0.25) is 0 Å². The summed E-state index contributed by atoms with van der Waals surface area (Å²) < 4.78 is 16.4. The smallest absolute Gasteiger partial charge is 0.340 e. The van der Waals surface area contributed by atoms with E-state index in [1.165, 1.54) is 19.2 Å². The minimum atomic E-state index is -0.459. The summed E-state index contributed by atoms with van der Waals surface area (Å²) >= 11 is 6.27. The minimum absolute atomic E-state index is 0.0260. The molecule has 0 spiro atoms. The van der Waals surface area contributed by atoms with Crippen LogP contribution in [0.3, 0.4) is 0 Å². The number of pyridine rings is 1. The number of carbonyl (C=O) groups is 1. The Labute approximate surface area is 173 Å². The summed E-state index contributed by atoms with van der Waals surface area (Å²) in [6.07, 6.45) is 0. The van der Waals surface area contributed by atoms with Gasteiger partial charge in [0, 0.05) is 11.5 Å². The first-order valence-corrected chi connectivity index (χ1v) is 9.33. The van der Waals surface area contributed by atoms with Crippen molar-refractivity contribution in [3.05, 3.63) is 63.8 Å². The van der Waals surface area contributed by atoms with Gasteiger partial charge < -0.3 is 14.2 Å². The Hall–Kier alpha value is -3.30. The molecule has 0 N–H and O–H groups in total. The van der Waals surface area contributed by atoms with Crippen LogP contribution >= 0.6 is 11.6 Å². The van der Waals surface area contributed by atoms with Crippen molar-refractivity contribution in [2.75, 3.05) is 13.7 Å². The van der Waals surface area contributed by atoms with E-state index in [1.54, 1.807) is 6.92 Å². The quantitative estimate of drug-likeness (QED) is 0.541. The first-order chi connectivity index (χ1) is 14.0. The molecule has 0 aliphatic carbocycles. The number of hydrogen-bond acceptors (Lipinski definition) is 6. The third-order valence-corrected chi connectivity index (χ3v) is 4.70. The van der Waals surface area contributed by atoms with Crippen LogP contribution in [0.4, 0.5) is 0 Å². The van der Waals surface area contributed by atoms with Crippen LogP contribution in [0.25, 0.3) is 10.9 Å². The molecule has 0 unspecified atom stereocenters. The maximum atomic E-state index is 12.6. The van der Waals surface area contributed by atoms with Crippen molar-refractivity contribution < 1.29 is 19.0 Å². The van der Waals surface area contributed by atoms with Gasteiger partial charge in [0.25, 0.3) is 0 Å². The number of para-hydroxylation sites is 1. The van der Waals surface area contributed by atoms with E-state index in [1.807, 2.05) is 37.3 Å². The number of ether oxygens (including phenoxy) is 3. The summed E-state index contributed by atoms with van der Waals surface area (Å²) in [5.41, 5.74) is 2.67. The zero-order chi connectivity index (χ0) is 21.0. The highest BCUT2D eigenvalue weighted by Gasteiger charge is 2.21. The molecular formula is C22H19ClN2O4. The lowest BCUT2D eigenvalue weighted by atomic mass is 10.0. The van der Waals surface area contributed by atoms with E-state index in [0.29, 0.717) is 22.6 Å². The molecule has 1 aromatic heterocycles. The number of fused-ring (bicyclic) bond motifs is 1. The lowest BCUT2D eigenvalue weighted by molar-refractivity contribution is 0.0522. The Morgan fingerprint density at radius 2 is 2.03 bits per heavy atom. The number of carbonyl (C=O) groups excluding carboxylic acids is 1. The highest BCUT2D eigenvalue weighted by atomic mass is 35.5. The molecule has 2 aromatic carbocycles. The lowest BCUT2D eigenvalue weighted by Crippen LogP contribution is -2.14. The van der Waals surface area contributed by atoms with Gasteiger partial charge in [0.05, 0.1) is 47.1 Å². The number of hydrogen-bond donors (Lipinski definition) is 0. The largest absolute Gasteiger partial charge is 0.493 e. The van der Waals surface area contributed by atoms with Crippen molar-refractivity contribution in [3.63, 3.8) is 0 Å². The van der Waals surface area contributed by atoms with Crippen molar-refractivity contribution in [3.8, 4) is 17.6 Å². The molecule has 0 atom stereocenters. The molecule has 6 nitrogen and oxygen atoms in total. The Balaban J connectivity index is 2.05. The van der Waals surface area contributed by atoms with Crippen LogP contribution in [0, 0.1) is 18.3 Å². The van der Waals surface area contributed by atoms with Crippen LogP contribution in [-0.2, 0) is 11.3 Å². The molecule has 0 saturated carbocycles. The molecule has 29 heavy (non-hydrogen) atoms. The number of rotatable bonds is 6. The van der Waals surface area contributed by atoms with Gasteiger partial charge >= 0.3 is 5.97 Å². The Bertz CT molecular complexity index is 1120. The molecule has 3 rings (SSSR count). The molecular weight excluding hydrogens is 392 g/mol. The van der Waals surface area contributed by atoms with Gasteiger partial charge in [-0.15, -0.1) is 0 Å². The number of halogens is 1. The van der Waals surface area contributed by atoms with Gasteiger partial charge in [-0.2, -0.15) is 5.26 Å². The van der Waals surface area contributed by atoms with Gasteiger partial charge in [-0.25, -0.2) is 9.78 Å². The first kappa shape index (κ1) is 20.4. The van der Waals surface area contributed by atoms with Crippen LogP contribution in [0.2, 0.25) is 5.02 Å². The number of aryl methyl sites for hydroxylation is 1. The molecule has 0 saturated heterocycles. The molecule has 0 amide bonds. The molecule has 0 aliphatic rings. The third kappa shape index (κ3) is 4.10. The zero-order valence-corrected chi connectivity index (χ0v) is 17.0. The molecule has 148 valence electrons. The van der Waals surface area contributed by atoms with Gasteiger partial charge in [-0.05, 0) is 31.5 Å². The number of nitriles is 1. The van der Waals surface area contributed by atoms with E-state index in [4.69, 9.17) is 31.1 Å². The van der Waals surface area contributed by atoms with Crippen LogP contribution in [-0.4, -0.2) is 24.7 Å². The Morgan fingerprint density at radius 3 is 2.72 bits per heavy atom. The fraction of sp³-hybridized carbons (Fsp3) is 0.227. The van der Waals surface area contributed by atoms with Crippen molar-refractivity contribution >= 4 is 28.5 Å². The zero-order valence-electron chi connectivity index (χ0n) is 16.3. The highest BCUT2D eigenvalue weighted by Crippen LogP contribution is 2.37. The average Bonchev–Trinajstić information content (AvgIpc) is 2.72.